The van der Waals surface area contributed by atoms with Crippen LogP contribution in [0.25, 0.3) is 16.9 Å². The van der Waals surface area contributed by atoms with Gasteiger partial charge in [0.25, 0.3) is 0 Å². The molecule has 0 atom stereocenters. The van der Waals surface area contributed by atoms with E-state index in [1.807, 2.05) is 6.07 Å². The number of nitrogens with zero attached hydrogens (tertiary/aromatic N) is 5. The molecule has 0 radical (unpaired) electrons. The van der Waals surface area contributed by atoms with Crippen molar-refractivity contribution in [1.29, 1.82) is 5.26 Å². The van der Waals surface area contributed by atoms with Gasteiger partial charge in [-0.2, -0.15) is 18.4 Å². The van der Waals surface area contributed by atoms with Gasteiger partial charge in [-0.1, -0.05) is 23.2 Å². The average molecular weight is 491 g/mol. The summed E-state index contributed by atoms with van der Waals surface area (Å²) in [6.45, 7) is 0.418. The Kier molecular flexibility index (Phi) is 6.40. The molecule has 3 aromatic heterocycles. The van der Waals surface area contributed by atoms with E-state index in [4.69, 9.17) is 28.5 Å². The quantitative estimate of drug-likeness (QED) is 0.333. The number of aromatic nitrogens is 4. The van der Waals surface area contributed by atoms with Gasteiger partial charge in [0.1, 0.15) is 11.7 Å². The maximum absolute atomic E-state index is 13.3. The minimum atomic E-state index is -4.59. The molecule has 4 rings (SSSR count). The van der Waals surface area contributed by atoms with Crippen molar-refractivity contribution in [1.82, 2.24) is 19.4 Å². The van der Waals surface area contributed by atoms with E-state index in [2.05, 4.69) is 20.3 Å². The molecule has 0 aliphatic rings. The molecule has 0 spiro atoms. The largest absolute Gasteiger partial charge is 0.434 e. The number of alkyl halides is 3. The molecule has 0 aliphatic carbocycles. The number of rotatable bonds is 6. The highest BCUT2D eigenvalue weighted by atomic mass is 35.5. The minimum absolute atomic E-state index is 0.0783. The third-order valence-electron chi connectivity index (χ3n) is 4.80. The summed E-state index contributed by atoms with van der Waals surface area (Å²) in [6, 6.07) is 11.7. The third kappa shape index (κ3) is 5.18. The van der Waals surface area contributed by atoms with Crippen molar-refractivity contribution >= 4 is 34.8 Å². The van der Waals surface area contributed by atoms with Crippen molar-refractivity contribution in [3.8, 4) is 17.3 Å². The molecule has 0 saturated heterocycles. The van der Waals surface area contributed by atoms with Crippen LogP contribution in [0, 0.1) is 11.3 Å². The molecule has 0 unspecified atom stereocenters. The molecular weight excluding hydrogens is 476 g/mol. The number of nitrogens with one attached hydrogen (secondary N) is 1. The van der Waals surface area contributed by atoms with E-state index in [-0.39, 0.29) is 11.6 Å². The number of imidazole rings is 1. The Morgan fingerprint density at radius 1 is 1.09 bits per heavy atom. The third-order valence-corrected chi connectivity index (χ3v) is 5.35. The predicted molar refractivity (Wildman–Crippen MR) is 119 cm³/mol. The number of hydrogen-bond acceptors (Lipinski definition) is 5. The fraction of sp³-hybridized carbons (Fsp3) is 0.182. The summed E-state index contributed by atoms with van der Waals surface area (Å²) in [5.74, 6) is 0.198. The Morgan fingerprint density at radius 2 is 1.91 bits per heavy atom. The lowest BCUT2D eigenvalue weighted by atomic mass is 10.1. The summed E-state index contributed by atoms with van der Waals surface area (Å²) in [4.78, 5) is 12.4. The van der Waals surface area contributed by atoms with Crippen molar-refractivity contribution in [3.63, 3.8) is 0 Å². The second-order valence-corrected chi connectivity index (χ2v) is 7.97. The molecular formula is C22H15Cl2F3N6. The topological polar surface area (TPSA) is 78.9 Å². The van der Waals surface area contributed by atoms with Gasteiger partial charge < -0.3 is 5.32 Å². The van der Waals surface area contributed by atoms with Crippen LogP contribution in [0.15, 0.2) is 48.8 Å². The van der Waals surface area contributed by atoms with Crippen molar-refractivity contribution < 1.29 is 13.2 Å². The van der Waals surface area contributed by atoms with Crippen LogP contribution in [0.4, 0.5) is 19.1 Å². The molecule has 33 heavy (non-hydrogen) atoms. The molecule has 0 bridgehead atoms. The summed E-state index contributed by atoms with van der Waals surface area (Å²) in [6.07, 6.45) is -0.947. The Morgan fingerprint density at radius 3 is 2.58 bits per heavy atom. The maximum Gasteiger partial charge on any atom is 0.434 e. The summed E-state index contributed by atoms with van der Waals surface area (Å²) >= 11 is 12.2. The molecule has 0 amide bonds. The second-order valence-electron chi connectivity index (χ2n) is 7.12. The van der Waals surface area contributed by atoms with Crippen LogP contribution in [0.1, 0.15) is 23.4 Å². The zero-order valence-electron chi connectivity index (χ0n) is 16.9. The van der Waals surface area contributed by atoms with Crippen LogP contribution < -0.4 is 5.32 Å². The molecule has 0 saturated carbocycles. The van der Waals surface area contributed by atoms with Gasteiger partial charge in [-0.05, 0) is 43.2 Å². The molecule has 1 N–H and O–H groups in total. The number of anilines is 1. The van der Waals surface area contributed by atoms with E-state index < -0.39 is 11.9 Å². The molecule has 0 aliphatic heterocycles. The average Bonchev–Trinajstić information content (AvgIpc) is 3.22. The summed E-state index contributed by atoms with van der Waals surface area (Å²) < 4.78 is 41.0. The van der Waals surface area contributed by atoms with Crippen LogP contribution in [0.5, 0.6) is 0 Å². The molecule has 6 nitrogen and oxygen atoms in total. The Hall–Kier alpha value is -3.35. The van der Waals surface area contributed by atoms with Crippen LogP contribution in [-0.4, -0.2) is 25.9 Å². The van der Waals surface area contributed by atoms with Gasteiger partial charge >= 0.3 is 6.18 Å². The Bertz CT molecular complexity index is 1340. The van der Waals surface area contributed by atoms with Crippen LogP contribution >= 0.6 is 23.2 Å². The van der Waals surface area contributed by atoms with E-state index in [1.54, 1.807) is 24.3 Å². The first-order chi connectivity index (χ1) is 15.7. The van der Waals surface area contributed by atoms with E-state index in [0.717, 1.165) is 11.9 Å². The smallest absolute Gasteiger partial charge is 0.355 e. The number of pyridine rings is 1. The predicted octanol–water partition coefficient (Wildman–Crippen LogP) is 6.03. The van der Waals surface area contributed by atoms with E-state index in [9.17, 15) is 13.2 Å². The van der Waals surface area contributed by atoms with E-state index >= 15 is 0 Å². The summed E-state index contributed by atoms with van der Waals surface area (Å²) in [5.41, 5.74) is 1.21. The van der Waals surface area contributed by atoms with Gasteiger partial charge in [-0.25, -0.2) is 9.97 Å². The number of nitriles is 1. The van der Waals surface area contributed by atoms with Gasteiger partial charge in [0, 0.05) is 41.3 Å². The molecule has 168 valence electrons. The zero-order valence-corrected chi connectivity index (χ0v) is 18.4. The van der Waals surface area contributed by atoms with Gasteiger partial charge in [0.2, 0.25) is 5.95 Å². The fourth-order valence-electron chi connectivity index (χ4n) is 3.19. The Labute approximate surface area is 196 Å². The summed E-state index contributed by atoms with van der Waals surface area (Å²) in [5, 5.41) is 12.7. The number of fused-ring (bicyclic) bond motifs is 1. The monoisotopic (exact) mass is 490 g/mol. The number of halogens is 5. The lowest BCUT2D eigenvalue weighted by molar-refractivity contribution is -0.140. The van der Waals surface area contributed by atoms with Crippen molar-refractivity contribution in [2.75, 3.05) is 11.9 Å². The Balaban J connectivity index is 1.61. The highest BCUT2D eigenvalue weighted by molar-refractivity contribution is 6.36. The SMILES string of the molecule is N#Cc1ccc(CCCNc2nc(-c3ccc(Cl)cc3Cl)cc3nc(C(F)(F)F)cn23)nc1. The molecule has 4 aromatic rings. The lowest BCUT2D eigenvalue weighted by Gasteiger charge is -2.11. The normalized spacial score (nSPS) is 11.5. The highest BCUT2D eigenvalue weighted by Crippen LogP contribution is 2.33. The summed E-state index contributed by atoms with van der Waals surface area (Å²) in [7, 11) is 0. The first-order valence-electron chi connectivity index (χ1n) is 9.76. The maximum atomic E-state index is 13.3. The first-order valence-corrected chi connectivity index (χ1v) is 10.5. The lowest BCUT2D eigenvalue weighted by Crippen LogP contribution is -2.10. The first kappa shape index (κ1) is 22.8. The van der Waals surface area contributed by atoms with Crippen LogP contribution in [0.2, 0.25) is 10.0 Å². The van der Waals surface area contributed by atoms with Crippen molar-refractivity contribution in [2.24, 2.45) is 0 Å². The molecule has 11 heteroatoms. The van der Waals surface area contributed by atoms with Crippen molar-refractivity contribution in [3.05, 3.63) is 75.8 Å². The fourth-order valence-corrected chi connectivity index (χ4v) is 3.70. The van der Waals surface area contributed by atoms with Crippen molar-refractivity contribution in [2.45, 2.75) is 19.0 Å². The second kappa shape index (κ2) is 9.25. The zero-order chi connectivity index (χ0) is 23.6. The van der Waals surface area contributed by atoms with Gasteiger partial charge in [-0.15, -0.1) is 0 Å². The number of benzene rings is 1. The van der Waals surface area contributed by atoms with Gasteiger partial charge in [-0.3, -0.25) is 9.38 Å². The van der Waals surface area contributed by atoms with Gasteiger partial charge in [0.15, 0.2) is 5.69 Å². The van der Waals surface area contributed by atoms with Crippen LogP contribution in [-0.2, 0) is 12.6 Å². The molecule has 1 aromatic carbocycles. The highest BCUT2D eigenvalue weighted by Gasteiger charge is 2.34. The number of hydrogen-bond donors (Lipinski definition) is 1. The molecule has 3 heterocycles. The van der Waals surface area contributed by atoms with Crippen LogP contribution in [0.3, 0.4) is 0 Å². The standard InChI is InChI=1S/C22H15Cl2F3N6/c23-14-4-6-16(17(24)8-14)18-9-20-32-19(22(25,26)27)12-33(20)21(31-18)29-7-1-2-15-5-3-13(10-28)11-30-15/h3-6,8-9,11-12H,1-2,7H2,(H,29,31). The van der Waals surface area contributed by atoms with Gasteiger partial charge in [0.05, 0.1) is 16.3 Å². The molecule has 0 fully saturated rings. The number of aryl methyl sites for hydroxylation is 1. The minimum Gasteiger partial charge on any atom is -0.355 e. The van der Waals surface area contributed by atoms with E-state index in [0.29, 0.717) is 46.3 Å². The van der Waals surface area contributed by atoms with E-state index in [1.165, 1.54) is 22.7 Å².